The molecule has 2 atom stereocenters. The first-order valence-electron chi connectivity index (χ1n) is 7.80. The van der Waals surface area contributed by atoms with E-state index in [0.717, 1.165) is 12.1 Å². The van der Waals surface area contributed by atoms with Gasteiger partial charge in [-0.1, -0.05) is 18.2 Å². The van der Waals surface area contributed by atoms with Crippen LogP contribution >= 0.6 is 0 Å². The molecular weight excluding hydrogens is 304 g/mol. The van der Waals surface area contributed by atoms with E-state index in [1.807, 2.05) is 30.4 Å². The zero-order valence-corrected chi connectivity index (χ0v) is 13.1. The van der Waals surface area contributed by atoms with Gasteiger partial charge >= 0.3 is 0 Å². The minimum atomic E-state index is -0.339. The maximum Gasteiger partial charge on any atom is 0.231 e. The summed E-state index contributed by atoms with van der Waals surface area (Å²) in [6.07, 6.45) is 15.5. The van der Waals surface area contributed by atoms with Gasteiger partial charge in [0.25, 0.3) is 0 Å². The highest BCUT2D eigenvalue weighted by atomic mass is 16.1. The molecule has 0 aromatic carbocycles. The fourth-order valence-corrected chi connectivity index (χ4v) is 2.62. The molecule has 1 aromatic heterocycles. The fourth-order valence-electron chi connectivity index (χ4n) is 2.62. The molecule has 0 saturated carbocycles. The van der Waals surface area contributed by atoms with Crippen LogP contribution < -0.4 is 10.6 Å². The standard InChI is InChI=1S/C17H18N6O/c18-12-23-10-7-15(11-23)21-16(24)13-3-1-4-14(6-5-13)22-17-19-8-2-9-20-17/h1-6,8-9,13,15H,7,10-11H2,(H,21,24)(H,19,20,22)/t13-,15-/m1/s1. The molecule has 7 nitrogen and oxygen atoms in total. The van der Waals surface area contributed by atoms with E-state index < -0.39 is 0 Å². The third-order valence-corrected chi connectivity index (χ3v) is 3.88. The van der Waals surface area contributed by atoms with Crippen LogP contribution in [0.15, 0.2) is 54.5 Å². The molecule has 1 fully saturated rings. The van der Waals surface area contributed by atoms with Gasteiger partial charge < -0.3 is 15.5 Å². The fraction of sp³-hybridized carbons (Fsp3) is 0.294. The first-order valence-corrected chi connectivity index (χ1v) is 7.80. The molecule has 0 bridgehead atoms. The van der Waals surface area contributed by atoms with Crippen LogP contribution in [-0.2, 0) is 4.79 Å². The van der Waals surface area contributed by atoms with Crippen molar-refractivity contribution in [1.29, 1.82) is 5.26 Å². The first kappa shape index (κ1) is 15.7. The zero-order chi connectivity index (χ0) is 16.8. The molecule has 0 unspecified atom stereocenters. The van der Waals surface area contributed by atoms with E-state index in [1.165, 1.54) is 0 Å². The molecule has 24 heavy (non-hydrogen) atoms. The average Bonchev–Trinajstić information content (AvgIpc) is 2.92. The molecule has 1 aromatic rings. The largest absolute Gasteiger partial charge is 0.351 e. The molecular formula is C17H18N6O. The van der Waals surface area contributed by atoms with Crippen LogP contribution in [0.25, 0.3) is 0 Å². The molecule has 2 N–H and O–H groups in total. The minimum absolute atomic E-state index is 0.0328. The molecule has 1 saturated heterocycles. The lowest BCUT2D eigenvalue weighted by molar-refractivity contribution is -0.123. The van der Waals surface area contributed by atoms with Crippen LogP contribution in [0.2, 0.25) is 0 Å². The lowest BCUT2D eigenvalue weighted by Gasteiger charge is -2.15. The number of allylic oxidation sites excluding steroid dienone is 3. The minimum Gasteiger partial charge on any atom is -0.351 e. The van der Waals surface area contributed by atoms with Gasteiger partial charge in [0.2, 0.25) is 11.9 Å². The van der Waals surface area contributed by atoms with E-state index in [9.17, 15) is 4.79 Å². The van der Waals surface area contributed by atoms with E-state index in [0.29, 0.717) is 19.0 Å². The van der Waals surface area contributed by atoms with Gasteiger partial charge in [0.05, 0.1) is 5.92 Å². The van der Waals surface area contributed by atoms with Gasteiger partial charge in [0, 0.05) is 37.2 Å². The van der Waals surface area contributed by atoms with Gasteiger partial charge in [-0.25, -0.2) is 9.97 Å². The first-order chi connectivity index (χ1) is 11.7. The van der Waals surface area contributed by atoms with Crippen molar-refractivity contribution in [2.75, 3.05) is 18.4 Å². The van der Waals surface area contributed by atoms with Gasteiger partial charge in [-0.3, -0.25) is 4.79 Å². The van der Waals surface area contributed by atoms with E-state index >= 15 is 0 Å². The molecule has 7 heteroatoms. The molecule has 0 radical (unpaired) electrons. The molecule has 3 rings (SSSR count). The SMILES string of the molecule is N#CN1CC[C@@H](NC(=O)[C@@H]2C=CC=C(Nc3ncccn3)C=C2)C1. The Bertz CT molecular complexity index is 718. The van der Waals surface area contributed by atoms with Crippen LogP contribution in [0.3, 0.4) is 0 Å². The monoisotopic (exact) mass is 322 g/mol. The van der Waals surface area contributed by atoms with Crippen LogP contribution in [-0.4, -0.2) is 39.9 Å². The maximum absolute atomic E-state index is 12.4. The van der Waals surface area contributed by atoms with Crippen LogP contribution in [0.1, 0.15) is 6.42 Å². The summed E-state index contributed by atoms with van der Waals surface area (Å²) < 4.78 is 0. The number of aromatic nitrogens is 2. The molecule has 2 aliphatic rings. The lowest BCUT2D eigenvalue weighted by Crippen LogP contribution is -2.39. The van der Waals surface area contributed by atoms with Crippen LogP contribution in [0.4, 0.5) is 5.95 Å². The number of nitrogens with one attached hydrogen (secondary N) is 2. The Labute approximate surface area is 140 Å². The maximum atomic E-state index is 12.4. The molecule has 1 aliphatic carbocycles. The number of anilines is 1. The summed E-state index contributed by atoms with van der Waals surface area (Å²) in [5.41, 5.74) is 0.810. The van der Waals surface area contributed by atoms with Crippen molar-refractivity contribution < 1.29 is 4.79 Å². The molecule has 1 aliphatic heterocycles. The normalized spacial score (nSPS) is 22.5. The Kier molecular flexibility index (Phi) is 4.87. The highest BCUT2D eigenvalue weighted by Gasteiger charge is 2.24. The van der Waals surface area contributed by atoms with Gasteiger partial charge in [-0.05, 0) is 24.6 Å². The summed E-state index contributed by atoms with van der Waals surface area (Å²) in [6, 6.07) is 1.78. The number of hydrogen-bond donors (Lipinski definition) is 2. The van der Waals surface area contributed by atoms with E-state index in [4.69, 9.17) is 5.26 Å². The van der Waals surface area contributed by atoms with Crippen LogP contribution in [0, 0.1) is 17.4 Å². The second-order valence-corrected chi connectivity index (χ2v) is 5.63. The Hall–Kier alpha value is -3.14. The van der Waals surface area contributed by atoms with Crippen molar-refractivity contribution in [2.24, 2.45) is 5.92 Å². The van der Waals surface area contributed by atoms with Gasteiger partial charge in [-0.15, -0.1) is 0 Å². The molecule has 0 spiro atoms. The summed E-state index contributed by atoms with van der Waals surface area (Å²) in [5, 5.41) is 15.0. The third kappa shape index (κ3) is 3.98. The topological polar surface area (TPSA) is 93.9 Å². The highest BCUT2D eigenvalue weighted by molar-refractivity contribution is 5.83. The summed E-state index contributed by atoms with van der Waals surface area (Å²) in [7, 11) is 0. The molecule has 1 amide bonds. The lowest BCUT2D eigenvalue weighted by atomic mass is 10.1. The summed E-state index contributed by atoms with van der Waals surface area (Å²) in [6.45, 7) is 1.28. The third-order valence-electron chi connectivity index (χ3n) is 3.88. The number of carbonyl (C=O) groups is 1. The van der Waals surface area contributed by atoms with Gasteiger partial charge in [0.15, 0.2) is 6.19 Å². The second-order valence-electron chi connectivity index (χ2n) is 5.63. The van der Waals surface area contributed by atoms with E-state index in [2.05, 4.69) is 26.8 Å². The second kappa shape index (κ2) is 7.42. The average molecular weight is 322 g/mol. The summed E-state index contributed by atoms with van der Waals surface area (Å²) >= 11 is 0. The van der Waals surface area contributed by atoms with Crippen molar-refractivity contribution in [3.63, 3.8) is 0 Å². The Morgan fingerprint density at radius 1 is 1.33 bits per heavy atom. The number of rotatable bonds is 4. The van der Waals surface area contributed by atoms with Crippen molar-refractivity contribution >= 4 is 11.9 Å². The van der Waals surface area contributed by atoms with E-state index in [-0.39, 0.29) is 17.9 Å². The number of likely N-dealkylation sites (tertiary alicyclic amines) is 1. The highest BCUT2D eigenvalue weighted by Crippen LogP contribution is 2.14. The smallest absolute Gasteiger partial charge is 0.231 e. The van der Waals surface area contributed by atoms with Gasteiger partial charge in [0.1, 0.15) is 0 Å². The van der Waals surface area contributed by atoms with Crippen LogP contribution in [0.5, 0.6) is 0 Å². The number of nitrogens with zero attached hydrogens (tertiary/aromatic N) is 4. The zero-order valence-electron chi connectivity index (χ0n) is 13.1. The number of carbonyl (C=O) groups excluding carboxylic acids is 1. The Morgan fingerprint density at radius 3 is 2.92 bits per heavy atom. The molecule has 2 heterocycles. The number of nitriles is 1. The predicted octanol–water partition coefficient (Wildman–Crippen LogP) is 1.19. The summed E-state index contributed by atoms with van der Waals surface area (Å²) in [5.74, 6) is 0.110. The van der Waals surface area contributed by atoms with Gasteiger partial charge in [-0.2, -0.15) is 5.26 Å². The number of amides is 1. The van der Waals surface area contributed by atoms with Crippen molar-refractivity contribution in [3.8, 4) is 6.19 Å². The van der Waals surface area contributed by atoms with Crippen molar-refractivity contribution in [2.45, 2.75) is 12.5 Å². The predicted molar refractivity (Wildman–Crippen MR) is 89.2 cm³/mol. The van der Waals surface area contributed by atoms with Crippen molar-refractivity contribution in [3.05, 3.63) is 54.5 Å². The van der Waals surface area contributed by atoms with Crippen molar-refractivity contribution in [1.82, 2.24) is 20.2 Å². The number of hydrogen-bond acceptors (Lipinski definition) is 6. The summed E-state index contributed by atoms with van der Waals surface area (Å²) in [4.78, 5) is 22.3. The molecule has 122 valence electrons. The Morgan fingerprint density at radius 2 is 2.17 bits per heavy atom. The Balaban J connectivity index is 1.56. The van der Waals surface area contributed by atoms with E-state index in [1.54, 1.807) is 23.4 Å². The quantitative estimate of drug-likeness (QED) is 0.809.